The van der Waals surface area contributed by atoms with E-state index in [0.717, 1.165) is 26.1 Å². The summed E-state index contributed by atoms with van der Waals surface area (Å²) in [4.78, 5) is 14.2. The molecule has 2 aliphatic heterocycles. The lowest BCUT2D eigenvalue weighted by Crippen LogP contribution is -2.42. The number of hydrogen-bond donors (Lipinski definition) is 2. The summed E-state index contributed by atoms with van der Waals surface area (Å²) in [5, 5.41) is 6.54. The molecular weight excluding hydrogens is 226 g/mol. The number of nitrogens with zero attached hydrogens (tertiary/aromatic N) is 1. The standard InChI is InChI=1S/C14H27N3O/c1-17-8-4-5-12(11-17)10-16-14(18)9-13-6-2-3-7-15-13/h12-13,15H,2-11H2,1H3,(H,16,18). The molecule has 2 atom stereocenters. The molecule has 2 saturated heterocycles. The van der Waals surface area contributed by atoms with E-state index in [1.54, 1.807) is 0 Å². The molecule has 1 amide bonds. The van der Waals surface area contributed by atoms with Gasteiger partial charge in [-0.15, -0.1) is 0 Å². The third-order valence-electron chi connectivity index (χ3n) is 4.15. The van der Waals surface area contributed by atoms with Crippen LogP contribution < -0.4 is 10.6 Å². The van der Waals surface area contributed by atoms with Crippen molar-refractivity contribution in [1.82, 2.24) is 15.5 Å². The zero-order valence-corrected chi connectivity index (χ0v) is 11.6. The molecule has 0 aliphatic carbocycles. The average molecular weight is 253 g/mol. The minimum Gasteiger partial charge on any atom is -0.356 e. The Morgan fingerprint density at radius 2 is 2.22 bits per heavy atom. The Kier molecular flexibility index (Phi) is 5.45. The van der Waals surface area contributed by atoms with Gasteiger partial charge in [0, 0.05) is 25.6 Å². The Labute approximate surface area is 110 Å². The van der Waals surface area contributed by atoms with Crippen molar-refractivity contribution in [1.29, 1.82) is 0 Å². The average Bonchev–Trinajstić information content (AvgIpc) is 2.38. The molecule has 0 aromatic heterocycles. The molecule has 2 rings (SSSR count). The monoisotopic (exact) mass is 253 g/mol. The number of nitrogens with one attached hydrogen (secondary N) is 2. The second-order valence-electron chi connectivity index (χ2n) is 5.93. The third kappa shape index (κ3) is 4.58. The number of likely N-dealkylation sites (tertiary alicyclic amines) is 1. The first-order chi connectivity index (χ1) is 8.74. The van der Waals surface area contributed by atoms with Gasteiger partial charge in [0.1, 0.15) is 0 Å². The summed E-state index contributed by atoms with van der Waals surface area (Å²) in [7, 11) is 2.17. The molecule has 0 radical (unpaired) electrons. The van der Waals surface area contributed by atoms with E-state index in [9.17, 15) is 4.79 Å². The van der Waals surface area contributed by atoms with Gasteiger partial charge < -0.3 is 15.5 Å². The zero-order valence-electron chi connectivity index (χ0n) is 11.6. The topological polar surface area (TPSA) is 44.4 Å². The fourth-order valence-corrected chi connectivity index (χ4v) is 3.09. The van der Waals surface area contributed by atoms with Crippen molar-refractivity contribution in [3.05, 3.63) is 0 Å². The first kappa shape index (κ1) is 13.8. The van der Waals surface area contributed by atoms with Gasteiger partial charge in [-0.25, -0.2) is 0 Å². The highest BCUT2D eigenvalue weighted by molar-refractivity contribution is 5.76. The predicted octanol–water partition coefficient (Wildman–Crippen LogP) is 0.977. The van der Waals surface area contributed by atoms with Crippen LogP contribution in [-0.2, 0) is 4.79 Å². The van der Waals surface area contributed by atoms with E-state index in [1.807, 2.05) is 0 Å². The lowest BCUT2D eigenvalue weighted by Gasteiger charge is -2.30. The Balaban J connectivity index is 1.61. The maximum absolute atomic E-state index is 11.9. The summed E-state index contributed by atoms with van der Waals surface area (Å²) in [6, 6.07) is 0.410. The van der Waals surface area contributed by atoms with Crippen LogP contribution in [0, 0.1) is 5.92 Å². The molecule has 0 saturated carbocycles. The van der Waals surface area contributed by atoms with Gasteiger partial charge in [0.25, 0.3) is 0 Å². The molecule has 2 aliphatic rings. The van der Waals surface area contributed by atoms with Crippen LogP contribution in [0.3, 0.4) is 0 Å². The minimum absolute atomic E-state index is 0.225. The summed E-state index contributed by atoms with van der Waals surface area (Å²) in [5.41, 5.74) is 0. The summed E-state index contributed by atoms with van der Waals surface area (Å²) < 4.78 is 0. The lowest BCUT2D eigenvalue weighted by molar-refractivity contribution is -0.122. The van der Waals surface area contributed by atoms with Gasteiger partial charge in [0.2, 0.25) is 5.91 Å². The van der Waals surface area contributed by atoms with Crippen molar-refractivity contribution in [2.75, 3.05) is 33.2 Å². The maximum Gasteiger partial charge on any atom is 0.221 e. The van der Waals surface area contributed by atoms with E-state index in [2.05, 4.69) is 22.6 Å². The molecule has 0 aromatic rings. The highest BCUT2D eigenvalue weighted by atomic mass is 16.1. The number of carbonyl (C=O) groups excluding carboxylic acids is 1. The van der Waals surface area contributed by atoms with Crippen molar-refractivity contribution in [3.63, 3.8) is 0 Å². The van der Waals surface area contributed by atoms with Crippen molar-refractivity contribution < 1.29 is 4.79 Å². The molecule has 104 valence electrons. The summed E-state index contributed by atoms with van der Waals surface area (Å²) in [6.07, 6.45) is 6.85. The quantitative estimate of drug-likeness (QED) is 0.785. The number of hydrogen-bond acceptors (Lipinski definition) is 3. The SMILES string of the molecule is CN1CCCC(CNC(=O)CC2CCCCN2)C1. The maximum atomic E-state index is 11.9. The highest BCUT2D eigenvalue weighted by Gasteiger charge is 2.19. The fourth-order valence-electron chi connectivity index (χ4n) is 3.09. The summed E-state index contributed by atoms with van der Waals surface area (Å²) in [6.45, 7) is 4.26. The smallest absolute Gasteiger partial charge is 0.221 e. The molecule has 2 unspecified atom stereocenters. The van der Waals surface area contributed by atoms with Crippen molar-refractivity contribution in [2.24, 2.45) is 5.92 Å². The number of rotatable bonds is 4. The van der Waals surface area contributed by atoms with Gasteiger partial charge in [-0.1, -0.05) is 6.42 Å². The molecule has 2 heterocycles. The normalized spacial score (nSPS) is 30.1. The second-order valence-corrected chi connectivity index (χ2v) is 5.93. The van der Waals surface area contributed by atoms with Gasteiger partial charge >= 0.3 is 0 Å². The van der Waals surface area contributed by atoms with Gasteiger partial charge in [0.15, 0.2) is 0 Å². The van der Waals surface area contributed by atoms with Crippen LogP contribution in [0.5, 0.6) is 0 Å². The van der Waals surface area contributed by atoms with Gasteiger partial charge in [-0.2, -0.15) is 0 Å². The Morgan fingerprint density at radius 1 is 1.33 bits per heavy atom. The first-order valence-electron chi connectivity index (χ1n) is 7.42. The minimum atomic E-state index is 0.225. The molecule has 2 fully saturated rings. The zero-order chi connectivity index (χ0) is 12.8. The highest BCUT2D eigenvalue weighted by Crippen LogP contribution is 2.14. The van der Waals surface area contributed by atoms with E-state index in [1.165, 1.54) is 32.2 Å². The molecule has 0 bridgehead atoms. The summed E-state index contributed by atoms with van der Waals surface area (Å²) in [5.74, 6) is 0.870. The molecule has 2 N–H and O–H groups in total. The number of piperidine rings is 2. The van der Waals surface area contributed by atoms with Crippen LogP contribution in [0.25, 0.3) is 0 Å². The molecular formula is C14H27N3O. The lowest BCUT2D eigenvalue weighted by atomic mass is 9.98. The predicted molar refractivity (Wildman–Crippen MR) is 73.5 cm³/mol. The van der Waals surface area contributed by atoms with Crippen molar-refractivity contribution in [3.8, 4) is 0 Å². The van der Waals surface area contributed by atoms with Gasteiger partial charge in [-0.3, -0.25) is 4.79 Å². The Hall–Kier alpha value is -0.610. The van der Waals surface area contributed by atoms with Gasteiger partial charge in [-0.05, 0) is 51.7 Å². The van der Waals surface area contributed by atoms with Crippen LogP contribution in [0.4, 0.5) is 0 Å². The van der Waals surface area contributed by atoms with Gasteiger partial charge in [0.05, 0.1) is 0 Å². The third-order valence-corrected chi connectivity index (χ3v) is 4.15. The largest absolute Gasteiger partial charge is 0.356 e. The number of amides is 1. The molecule has 0 aromatic carbocycles. The molecule has 4 nitrogen and oxygen atoms in total. The molecule has 0 spiro atoms. The molecule has 4 heteroatoms. The van der Waals surface area contributed by atoms with Crippen LogP contribution in [-0.4, -0.2) is 50.1 Å². The van der Waals surface area contributed by atoms with E-state index in [0.29, 0.717) is 18.4 Å². The van der Waals surface area contributed by atoms with Crippen LogP contribution in [0.2, 0.25) is 0 Å². The summed E-state index contributed by atoms with van der Waals surface area (Å²) >= 11 is 0. The van der Waals surface area contributed by atoms with Crippen LogP contribution in [0.15, 0.2) is 0 Å². The fraction of sp³-hybridized carbons (Fsp3) is 0.929. The van der Waals surface area contributed by atoms with Crippen molar-refractivity contribution >= 4 is 5.91 Å². The Morgan fingerprint density at radius 3 is 2.94 bits per heavy atom. The second kappa shape index (κ2) is 7.10. The van der Waals surface area contributed by atoms with E-state index in [-0.39, 0.29) is 5.91 Å². The van der Waals surface area contributed by atoms with E-state index in [4.69, 9.17) is 0 Å². The van der Waals surface area contributed by atoms with E-state index >= 15 is 0 Å². The molecule has 18 heavy (non-hydrogen) atoms. The number of carbonyl (C=O) groups is 1. The van der Waals surface area contributed by atoms with Crippen LogP contribution >= 0.6 is 0 Å². The van der Waals surface area contributed by atoms with E-state index < -0.39 is 0 Å². The Bertz CT molecular complexity index is 264. The van der Waals surface area contributed by atoms with Crippen molar-refractivity contribution in [2.45, 2.75) is 44.6 Å². The first-order valence-corrected chi connectivity index (χ1v) is 7.42. The van der Waals surface area contributed by atoms with Crippen LogP contribution in [0.1, 0.15) is 38.5 Å².